The van der Waals surface area contributed by atoms with Gasteiger partial charge in [0.25, 0.3) is 0 Å². The number of rotatable bonds is 3. The fraction of sp³-hybridized carbons (Fsp3) is 0. The van der Waals surface area contributed by atoms with Crippen LogP contribution in [0.1, 0.15) is 10.4 Å². The summed E-state index contributed by atoms with van der Waals surface area (Å²) >= 11 is 6.00. The predicted molar refractivity (Wildman–Crippen MR) is 109 cm³/mol. The number of aromatic carboxylic acids is 1. The topological polar surface area (TPSA) is 76.2 Å². The minimum absolute atomic E-state index is 0.0230. The van der Waals surface area contributed by atoms with Crippen molar-refractivity contribution in [2.45, 2.75) is 0 Å². The van der Waals surface area contributed by atoms with Gasteiger partial charge in [-0.1, -0.05) is 48.0 Å². The molecule has 0 aliphatic rings. The van der Waals surface area contributed by atoms with Gasteiger partial charge in [-0.15, -0.1) is 0 Å². The molecular formula is C22H14ClFN2O2. The van der Waals surface area contributed by atoms with E-state index in [1.165, 1.54) is 12.1 Å². The number of carboxylic acid groups (broad SMARTS) is 1. The highest BCUT2D eigenvalue weighted by Crippen LogP contribution is 2.34. The van der Waals surface area contributed by atoms with Crippen LogP contribution < -0.4 is 5.73 Å². The second-order valence-electron chi connectivity index (χ2n) is 6.30. The highest BCUT2D eigenvalue weighted by Gasteiger charge is 2.19. The predicted octanol–water partition coefficient (Wildman–Crippen LogP) is 5.64. The molecule has 6 heteroatoms. The molecule has 3 aromatic carbocycles. The maximum atomic E-state index is 13.1. The monoisotopic (exact) mass is 392 g/mol. The van der Waals surface area contributed by atoms with E-state index in [1.54, 1.807) is 30.3 Å². The number of carbonyl (C=O) groups is 1. The van der Waals surface area contributed by atoms with Gasteiger partial charge in [0, 0.05) is 16.0 Å². The van der Waals surface area contributed by atoms with Crippen LogP contribution in [0.5, 0.6) is 0 Å². The number of hydrogen-bond acceptors (Lipinski definition) is 3. The van der Waals surface area contributed by atoms with Gasteiger partial charge < -0.3 is 10.8 Å². The molecule has 0 unspecified atom stereocenters. The van der Waals surface area contributed by atoms with E-state index < -0.39 is 5.97 Å². The Bertz CT molecular complexity index is 1210. The number of anilines is 1. The van der Waals surface area contributed by atoms with Crippen molar-refractivity contribution in [3.05, 3.63) is 83.1 Å². The van der Waals surface area contributed by atoms with E-state index in [0.717, 1.165) is 11.1 Å². The molecule has 0 radical (unpaired) electrons. The highest BCUT2D eigenvalue weighted by molar-refractivity contribution is 6.31. The number of nitrogens with zero attached hydrogens (tertiary/aromatic N) is 1. The third kappa shape index (κ3) is 3.17. The first-order valence-corrected chi connectivity index (χ1v) is 8.80. The van der Waals surface area contributed by atoms with Crippen molar-refractivity contribution in [1.82, 2.24) is 4.98 Å². The largest absolute Gasteiger partial charge is 0.478 e. The van der Waals surface area contributed by atoms with Gasteiger partial charge in [-0.2, -0.15) is 0 Å². The van der Waals surface area contributed by atoms with E-state index in [4.69, 9.17) is 17.3 Å². The van der Waals surface area contributed by atoms with Gasteiger partial charge in [-0.05, 0) is 41.5 Å². The standard InChI is InChI=1S/C22H14ClFN2O2/c23-15-7-10-18-17(11-15)19(22(27)28)20(25)21(26-18)14-3-1-12(2-4-14)13-5-8-16(24)9-6-13/h1-11H,25H2,(H,27,28). The molecular weight excluding hydrogens is 379 g/mol. The molecule has 1 heterocycles. The minimum Gasteiger partial charge on any atom is -0.478 e. The van der Waals surface area contributed by atoms with E-state index in [9.17, 15) is 14.3 Å². The normalized spacial score (nSPS) is 10.9. The molecule has 4 aromatic rings. The molecule has 0 saturated heterocycles. The smallest absolute Gasteiger partial charge is 0.338 e. The van der Waals surface area contributed by atoms with Crippen LogP contribution in [-0.2, 0) is 0 Å². The van der Waals surface area contributed by atoms with Crippen LogP contribution in [0.25, 0.3) is 33.3 Å². The first-order chi connectivity index (χ1) is 13.4. The van der Waals surface area contributed by atoms with Crippen molar-refractivity contribution >= 4 is 34.2 Å². The van der Waals surface area contributed by atoms with Crippen LogP contribution >= 0.6 is 11.6 Å². The van der Waals surface area contributed by atoms with Gasteiger partial charge in [0.05, 0.1) is 22.5 Å². The number of nitrogens with two attached hydrogens (primary N) is 1. The third-order valence-corrected chi connectivity index (χ3v) is 4.77. The summed E-state index contributed by atoms with van der Waals surface area (Å²) in [4.78, 5) is 16.4. The SMILES string of the molecule is Nc1c(-c2ccc(-c3ccc(F)cc3)cc2)nc2ccc(Cl)cc2c1C(=O)O. The van der Waals surface area contributed by atoms with Gasteiger partial charge in [-0.25, -0.2) is 14.2 Å². The first-order valence-electron chi connectivity index (χ1n) is 8.42. The molecule has 0 saturated carbocycles. The van der Waals surface area contributed by atoms with Crippen LogP contribution in [0.3, 0.4) is 0 Å². The lowest BCUT2D eigenvalue weighted by Gasteiger charge is -2.12. The van der Waals surface area contributed by atoms with Crippen LogP contribution in [-0.4, -0.2) is 16.1 Å². The summed E-state index contributed by atoms with van der Waals surface area (Å²) < 4.78 is 13.1. The van der Waals surface area contributed by atoms with Crippen LogP contribution in [0.15, 0.2) is 66.7 Å². The Balaban J connectivity index is 1.85. The molecule has 28 heavy (non-hydrogen) atoms. The fourth-order valence-electron chi connectivity index (χ4n) is 3.16. The summed E-state index contributed by atoms with van der Waals surface area (Å²) in [7, 11) is 0. The summed E-state index contributed by atoms with van der Waals surface area (Å²) in [6, 6.07) is 18.4. The zero-order valence-electron chi connectivity index (χ0n) is 14.5. The van der Waals surface area contributed by atoms with Crippen molar-refractivity contribution in [3.63, 3.8) is 0 Å². The molecule has 0 spiro atoms. The summed E-state index contributed by atoms with van der Waals surface area (Å²) in [6.45, 7) is 0. The number of aromatic nitrogens is 1. The number of fused-ring (bicyclic) bond motifs is 1. The van der Waals surface area contributed by atoms with Crippen LogP contribution in [0.2, 0.25) is 5.02 Å². The first kappa shape index (κ1) is 17.9. The quantitative estimate of drug-likeness (QED) is 0.473. The number of halogens is 2. The fourth-order valence-corrected chi connectivity index (χ4v) is 3.34. The number of pyridine rings is 1. The number of carboxylic acids is 1. The summed E-state index contributed by atoms with van der Waals surface area (Å²) in [5.74, 6) is -1.44. The lowest BCUT2D eigenvalue weighted by Crippen LogP contribution is -2.07. The molecule has 4 nitrogen and oxygen atoms in total. The summed E-state index contributed by atoms with van der Waals surface area (Å²) in [6.07, 6.45) is 0. The molecule has 0 atom stereocenters. The average molecular weight is 393 g/mol. The zero-order chi connectivity index (χ0) is 19.8. The Morgan fingerprint density at radius 2 is 1.50 bits per heavy atom. The van der Waals surface area contributed by atoms with Crippen molar-refractivity contribution in [1.29, 1.82) is 0 Å². The Hall–Kier alpha value is -3.44. The van der Waals surface area contributed by atoms with Gasteiger partial charge in [-0.3, -0.25) is 0 Å². The molecule has 0 amide bonds. The minimum atomic E-state index is -1.14. The van der Waals surface area contributed by atoms with Crippen molar-refractivity contribution < 1.29 is 14.3 Å². The van der Waals surface area contributed by atoms with E-state index >= 15 is 0 Å². The Labute approximate surface area is 165 Å². The van der Waals surface area contributed by atoms with E-state index in [0.29, 0.717) is 27.2 Å². The maximum Gasteiger partial charge on any atom is 0.338 e. The molecule has 0 aliphatic heterocycles. The molecule has 0 fully saturated rings. The summed E-state index contributed by atoms with van der Waals surface area (Å²) in [5, 5.41) is 10.5. The Morgan fingerprint density at radius 1 is 0.929 bits per heavy atom. The Kier molecular flexibility index (Phi) is 4.45. The van der Waals surface area contributed by atoms with Crippen molar-refractivity contribution in [2.75, 3.05) is 5.73 Å². The number of benzene rings is 3. The number of nitrogen functional groups attached to an aromatic ring is 1. The molecule has 4 rings (SSSR count). The second kappa shape index (κ2) is 6.94. The van der Waals surface area contributed by atoms with Crippen molar-refractivity contribution in [3.8, 4) is 22.4 Å². The average Bonchev–Trinajstić information content (AvgIpc) is 2.68. The molecule has 1 aromatic heterocycles. The zero-order valence-corrected chi connectivity index (χ0v) is 15.2. The molecule has 0 bridgehead atoms. The molecule has 138 valence electrons. The van der Waals surface area contributed by atoms with Gasteiger partial charge in [0.1, 0.15) is 5.82 Å². The van der Waals surface area contributed by atoms with Gasteiger partial charge in [0.2, 0.25) is 0 Å². The lowest BCUT2D eigenvalue weighted by molar-refractivity contribution is 0.0700. The van der Waals surface area contributed by atoms with Gasteiger partial charge >= 0.3 is 5.97 Å². The lowest BCUT2D eigenvalue weighted by atomic mass is 9.99. The van der Waals surface area contributed by atoms with Crippen molar-refractivity contribution in [2.24, 2.45) is 0 Å². The second-order valence-corrected chi connectivity index (χ2v) is 6.74. The van der Waals surface area contributed by atoms with Gasteiger partial charge in [0.15, 0.2) is 0 Å². The Morgan fingerprint density at radius 3 is 2.11 bits per heavy atom. The number of hydrogen-bond donors (Lipinski definition) is 2. The maximum absolute atomic E-state index is 13.1. The molecule has 0 aliphatic carbocycles. The summed E-state index contributed by atoms with van der Waals surface area (Å²) in [5.41, 5.74) is 9.56. The van der Waals surface area contributed by atoms with E-state index in [-0.39, 0.29) is 17.1 Å². The van der Waals surface area contributed by atoms with Crippen LogP contribution in [0.4, 0.5) is 10.1 Å². The van der Waals surface area contributed by atoms with E-state index in [2.05, 4.69) is 4.98 Å². The van der Waals surface area contributed by atoms with Crippen LogP contribution in [0, 0.1) is 5.82 Å². The van der Waals surface area contributed by atoms with E-state index in [1.807, 2.05) is 24.3 Å². The third-order valence-electron chi connectivity index (χ3n) is 4.53. The highest BCUT2D eigenvalue weighted by atomic mass is 35.5. The molecule has 3 N–H and O–H groups in total.